The van der Waals surface area contributed by atoms with Gasteiger partial charge in [0.05, 0.1) is 18.6 Å². The molecule has 2 heterocycles. The van der Waals surface area contributed by atoms with Gasteiger partial charge in [0.2, 0.25) is 11.4 Å². The highest BCUT2D eigenvalue weighted by Gasteiger charge is 2.37. The van der Waals surface area contributed by atoms with Gasteiger partial charge in [-0.15, -0.1) is 0 Å². The van der Waals surface area contributed by atoms with Crippen molar-refractivity contribution < 1.29 is 9.31 Å². The SMILES string of the molecule is C=CC(=C)C1=[N+](COCC[Si](C)(C)C)c2ccc(-c3cn(C)cn3)cc21. The number of nitrogens with zero attached hydrogens (tertiary/aromatic N) is 3. The Morgan fingerprint density at radius 2 is 2.12 bits per heavy atom. The van der Waals surface area contributed by atoms with E-state index in [1.165, 1.54) is 17.3 Å². The van der Waals surface area contributed by atoms with Crippen molar-refractivity contribution in [3.8, 4) is 11.3 Å². The minimum absolute atomic E-state index is 0.558. The topological polar surface area (TPSA) is 30.1 Å². The highest BCUT2D eigenvalue weighted by atomic mass is 28.3. The van der Waals surface area contributed by atoms with Gasteiger partial charge in [-0.1, -0.05) is 38.9 Å². The summed E-state index contributed by atoms with van der Waals surface area (Å²) in [6.45, 7) is 16.5. The van der Waals surface area contributed by atoms with Crippen molar-refractivity contribution in [2.75, 3.05) is 13.3 Å². The smallest absolute Gasteiger partial charge is 0.253 e. The van der Waals surface area contributed by atoms with E-state index in [0.29, 0.717) is 6.73 Å². The molecular formula is C21H28N3OSi+. The average Bonchev–Trinajstić information content (AvgIpc) is 3.00. The summed E-state index contributed by atoms with van der Waals surface area (Å²) < 4.78 is 10.1. The lowest BCUT2D eigenvalue weighted by Crippen LogP contribution is -2.32. The molecule has 0 bridgehead atoms. The van der Waals surface area contributed by atoms with E-state index in [4.69, 9.17) is 4.74 Å². The fourth-order valence-electron chi connectivity index (χ4n) is 3.01. The fraction of sp³-hybridized carbons (Fsp3) is 0.333. The van der Waals surface area contributed by atoms with Gasteiger partial charge in [-0.2, -0.15) is 4.58 Å². The normalized spacial score (nSPS) is 13.4. The minimum Gasteiger partial charge on any atom is -0.340 e. The van der Waals surface area contributed by atoms with E-state index in [0.717, 1.165) is 29.1 Å². The number of allylic oxidation sites excluding steroid dienone is 2. The molecule has 4 nitrogen and oxygen atoms in total. The summed E-state index contributed by atoms with van der Waals surface area (Å²) in [4.78, 5) is 4.45. The maximum Gasteiger partial charge on any atom is 0.253 e. The molecule has 136 valence electrons. The van der Waals surface area contributed by atoms with Gasteiger partial charge in [-0.3, -0.25) is 0 Å². The Bertz CT molecular complexity index is 887. The molecule has 1 aliphatic heterocycles. The van der Waals surface area contributed by atoms with Crippen LogP contribution in [0.2, 0.25) is 25.7 Å². The van der Waals surface area contributed by atoms with Gasteiger partial charge >= 0.3 is 0 Å². The number of ether oxygens (including phenoxy) is 1. The van der Waals surface area contributed by atoms with E-state index >= 15 is 0 Å². The predicted octanol–water partition coefficient (Wildman–Crippen LogP) is 4.59. The Kier molecular flexibility index (Phi) is 5.12. The Morgan fingerprint density at radius 3 is 2.73 bits per heavy atom. The Hall–Kier alpha value is -2.24. The van der Waals surface area contributed by atoms with Gasteiger partial charge in [0.15, 0.2) is 0 Å². The van der Waals surface area contributed by atoms with Crippen molar-refractivity contribution in [3.63, 3.8) is 0 Å². The zero-order chi connectivity index (χ0) is 18.9. The third-order valence-corrected chi connectivity index (χ3v) is 6.28. The van der Waals surface area contributed by atoms with Crippen LogP contribution in [0.25, 0.3) is 11.3 Å². The second-order valence-electron chi connectivity index (χ2n) is 8.01. The molecule has 0 N–H and O–H groups in total. The molecule has 5 heteroatoms. The standard InChI is InChI=1S/C21H28N3OSi/c1-7-16(2)21-18-12-17(19-13-23(3)14-22-19)8-9-20(18)24(21)15-25-10-11-26(4,5)6/h7-9,12-14H,1-2,10-11,15H2,3-6H3/q+1. The molecule has 0 saturated heterocycles. The van der Waals surface area contributed by atoms with Crippen molar-refractivity contribution in [1.29, 1.82) is 0 Å². The Balaban J connectivity index is 1.81. The van der Waals surface area contributed by atoms with Crippen molar-refractivity contribution in [1.82, 2.24) is 9.55 Å². The van der Waals surface area contributed by atoms with E-state index in [1.807, 2.05) is 24.1 Å². The monoisotopic (exact) mass is 366 g/mol. The van der Waals surface area contributed by atoms with Gasteiger partial charge in [-0.05, 0) is 18.2 Å². The average molecular weight is 367 g/mol. The van der Waals surface area contributed by atoms with Crippen LogP contribution in [0, 0.1) is 0 Å². The molecule has 0 unspecified atom stereocenters. The third-order valence-electron chi connectivity index (χ3n) is 4.58. The first-order valence-electron chi connectivity index (χ1n) is 8.97. The molecule has 3 rings (SSSR count). The first kappa shape index (κ1) is 18.5. The second kappa shape index (κ2) is 7.17. The van der Waals surface area contributed by atoms with Crippen LogP contribution in [0.15, 0.2) is 55.5 Å². The third kappa shape index (κ3) is 3.79. The number of imidazole rings is 1. The van der Waals surface area contributed by atoms with Crippen LogP contribution in [0.4, 0.5) is 5.69 Å². The molecule has 0 amide bonds. The molecule has 0 fully saturated rings. The van der Waals surface area contributed by atoms with Crippen LogP contribution in [0.1, 0.15) is 5.56 Å². The lowest BCUT2D eigenvalue weighted by molar-refractivity contribution is -0.500. The van der Waals surface area contributed by atoms with E-state index in [2.05, 4.69) is 60.6 Å². The number of benzene rings is 1. The maximum absolute atomic E-state index is 5.96. The van der Waals surface area contributed by atoms with Crippen LogP contribution >= 0.6 is 0 Å². The van der Waals surface area contributed by atoms with Crippen LogP contribution in [-0.4, -0.2) is 41.2 Å². The van der Waals surface area contributed by atoms with Crippen LogP contribution in [-0.2, 0) is 11.8 Å². The van der Waals surface area contributed by atoms with Crippen LogP contribution in [0.3, 0.4) is 0 Å². The number of hydrogen-bond donors (Lipinski definition) is 0. The molecule has 0 aliphatic carbocycles. The molecule has 1 aliphatic rings. The zero-order valence-electron chi connectivity index (χ0n) is 16.2. The van der Waals surface area contributed by atoms with Gasteiger partial charge < -0.3 is 9.30 Å². The molecular weight excluding hydrogens is 338 g/mol. The van der Waals surface area contributed by atoms with Gasteiger partial charge in [0.1, 0.15) is 5.56 Å². The van der Waals surface area contributed by atoms with E-state index in [9.17, 15) is 0 Å². The molecule has 0 radical (unpaired) electrons. The van der Waals surface area contributed by atoms with Gasteiger partial charge in [0, 0.05) is 38.5 Å². The first-order valence-corrected chi connectivity index (χ1v) is 12.7. The summed E-state index contributed by atoms with van der Waals surface area (Å²) in [6.07, 6.45) is 5.65. The summed E-state index contributed by atoms with van der Waals surface area (Å²) in [5, 5.41) is 0. The molecule has 0 saturated carbocycles. The van der Waals surface area contributed by atoms with Crippen LogP contribution < -0.4 is 0 Å². The molecule has 2 aromatic rings. The summed E-state index contributed by atoms with van der Waals surface area (Å²) >= 11 is 0. The lowest BCUT2D eigenvalue weighted by Gasteiger charge is -2.21. The number of rotatable bonds is 8. The number of aryl methyl sites for hydroxylation is 1. The Labute approximate surface area is 157 Å². The molecule has 26 heavy (non-hydrogen) atoms. The van der Waals surface area contributed by atoms with E-state index < -0.39 is 8.07 Å². The van der Waals surface area contributed by atoms with Crippen molar-refractivity contribution in [3.05, 3.63) is 61.1 Å². The summed E-state index contributed by atoms with van der Waals surface area (Å²) in [7, 11) is 0.906. The van der Waals surface area contributed by atoms with Crippen molar-refractivity contribution in [2.24, 2.45) is 7.05 Å². The lowest BCUT2D eigenvalue weighted by atomic mass is 9.92. The summed E-state index contributed by atoms with van der Waals surface area (Å²) in [6, 6.07) is 7.61. The van der Waals surface area contributed by atoms with Crippen molar-refractivity contribution in [2.45, 2.75) is 25.7 Å². The number of hydrogen-bond acceptors (Lipinski definition) is 2. The highest BCUT2D eigenvalue weighted by molar-refractivity contribution is 6.76. The molecule has 1 aromatic carbocycles. The van der Waals surface area contributed by atoms with Crippen LogP contribution in [0.5, 0.6) is 0 Å². The first-order chi connectivity index (χ1) is 12.3. The predicted molar refractivity (Wildman–Crippen MR) is 111 cm³/mol. The summed E-state index contributed by atoms with van der Waals surface area (Å²) in [5.41, 5.74) is 6.47. The van der Waals surface area contributed by atoms with Crippen molar-refractivity contribution >= 4 is 19.5 Å². The molecule has 0 spiro atoms. The van der Waals surface area contributed by atoms with Gasteiger partial charge in [0.25, 0.3) is 6.73 Å². The van der Waals surface area contributed by atoms with E-state index in [1.54, 1.807) is 6.08 Å². The quantitative estimate of drug-likeness (QED) is 0.296. The zero-order valence-corrected chi connectivity index (χ0v) is 17.2. The minimum atomic E-state index is -1.07. The maximum atomic E-state index is 5.96. The molecule has 1 aromatic heterocycles. The highest BCUT2D eigenvalue weighted by Crippen LogP contribution is 2.35. The van der Waals surface area contributed by atoms with Gasteiger partial charge in [-0.25, -0.2) is 4.98 Å². The fourth-order valence-corrected chi connectivity index (χ4v) is 3.76. The second-order valence-corrected chi connectivity index (χ2v) is 13.6. The van der Waals surface area contributed by atoms with E-state index in [-0.39, 0.29) is 0 Å². The molecule has 0 atom stereocenters. The summed E-state index contributed by atoms with van der Waals surface area (Å²) in [5.74, 6) is 0. The largest absolute Gasteiger partial charge is 0.340 e. The number of aromatic nitrogens is 2. The Morgan fingerprint density at radius 1 is 1.35 bits per heavy atom. The number of fused-ring (bicyclic) bond motifs is 1.